The van der Waals surface area contributed by atoms with Gasteiger partial charge in [0.1, 0.15) is 0 Å². The zero-order chi connectivity index (χ0) is 20.9. The van der Waals surface area contributed by atoms with Gasteiger partial charge in [0, 0.05) is 35.3 Å². The first-order valence-corrected chi connectivity index (χ1v) is 9.20. The zero-order valence-corrected chi connectivity index (χ0v) is 18.8. The number of anilines is 1. The van der Waals surface area contributed by atoms with Gasteiger partial charge in [-0.2, -0.15) is 0 Å². The van der Waals surface area contributed by atoms with Gasteiger partial charge in [-0.1, -0.05) is 48.5 Å². The molecule has 0 radical (unpaired) electrons. The minimum Gasteiger partial charge on any atom is -0.545 e. The van der Waals surface area contributed by atoms with Crippen LogP contribution in [0.4, 0.5) is 5.69 Å². The fourth-order valence-electron chi connectivity index (χ4n) is 3.07. The van der Waals surface area contributed by atoms with E-state index in [-0.39, 0.29) is 40.8 Å². The van der Waals surface area contributed by atoms with Crippen molar-refractivity contribution in [2.24, 2.45) is 0 Å². The summed E-state index contributed by atoms with van der Waals surface area (Å²) in [4.78, 5) is 32.8. The Hall–Kier alpha value is -3.32. The molecule has 0 spiro atoms. The Balaban J connectivity index is 0.00000272. The van der Waals surface area contributed by atoms with Crippen LogP contribution in [0.1, 0.15) is 20.7 Å². The van der Waals surface area contributed by atoms with Gasteiger partial charge in [0.05, 0.1) is 22.9 Å². The number of carboxylic acids is 1. The van der Waals surface area contributed by atoms with Crippen molar-refractivity contribution in [2.45, 2.75) is 0 Å². The summed E-state index contributed by atoms with van der Waals surface area (Å²) in [6.45, 7) is 0. The Bertz CT molecular complexity index is 1220. The summed E-state index contributed by atoms with van der Waals surface area (Å²) in [5.74, 6) is -1.85. The van der Waals surface area contributed by atoms with Crippen molar-refractivity contribution < 1.29 is 44.3 Å². The maximum absolute atomic E-state index is 12.8. The number of nitrogens with zero attached hydrogens (tertiary/aromatic N) is 2. The number of benzene rings is 2. The molecule has 2 heterocycles. The second kappa shape index (κ2) is 10.1. The van der Waals surface area contributed by atoms with E-state index in [0.29, 0.717) is 16.8 Å². The molecule has 0 aliphatic carbocycles. The first-order chi connectivity index (χ1) is 14.6. The zero-order valence-electron chi connectivity index (χ0n) is 16.8. The summed E-state index contributed by atoms with van der Waals surface area (Å²) < 4.78 is 0. The quantitative estimate of drug-likeness (QED) is 0.475. The van der Waals surface area contributed by atoms with Gasteiger partial charge in [0.15, 0.2) is 0 Å². The van der Waals surface area contributed by atoms with Crippen molar-refractivity contribution in [1.29, 1.82) is 0 Å². The molecule has 4 rings (SSSR count). The molecule has 7 heteroatoms. The predicted octanol–water partition coefficient (Wildman–Crippen LogP) is 0.430. The van der Waals surface area contributed by atoms with Crippen molar-refractivity contribution in [3.05, 3.63) is 103 Å². The molecule has 2 aromatic carbocycles. The molecule has 0 atom stereocenters. The van der Waals surface area contributed by atoms with Crippen LogP contribution in [0.15, 0.2) is 91.4 Å². The largest absolute Gasteiger partial charge is 1.00 e. The monoisotopic (exact) mass is 417 g/mol. The topological polar surface area (TPSA) is 95.0 Å². The molecule has 0 unspecified atom stereocenters. The normalized spacial score (nSPS) is 10.1. The van der Waals surface area contributed by atoms with Crippen LogP contribution in [0.5, 0.6) is 0 Å². The third kappa shape index (κ3) is 5.24. The van der Waals surface area contributed by atoms with Gasteiger partial charge in [0.2, 0.25) is 0 Å². The van der Waals surface area contributed by atoms with Gasteiger partial charge in [-0.25, -0.2) is 0 Å². The van der Waals surface area contributed by atoms with Crippen LogP contribution in [0.2, 0.25) is 0 Å². The Morgan fingerprint density at radius 1 is 0.806 bits per heavy atom. The van der Waals surface area contributed by atoms with Gasteiger partial charge < -0.3 is 15.2 Å². The Morgan fingerprint density at radius 2 is 1.58 bits per heavy atom. The number of hydrogen-bond acceptors (Lipinski definition) is 5. The number of carbonyl (C=O) groups excluding carboxylic acids is 2. The van der Waals surface area contributed by atoms with E-state index in [4.69, 9.17) is 0 Å². The first kappa shape index (κ1) is 22.4. The maximum Gasteiger partial charge on any atom is 1.00 e. The molecular formula is C24H16N3NaO3. The summed E-state index contributed by atoms with van der Waals surface area (Å²) in [6, 6.07) is 21.3. The summed E-state index contributed by atoms with van der Waals surface area (Å²) in [6.07, 6.45) is 4.74. The second-order valence-corrected chi connectivity index (χ2v) is 6.55. The number of rotatable bonds is 5. The fraction of sp³-hybridized carbons (Fsp3) is 0. The van der Waals surface area contributed by atoms with Gasteiger partial charge in [-0.3, -0.25) is 14.8 Å². The number of aromatic nitrogens is 2. The minimum absolute atomic E-state index is 0. The van der Waals surface area contributed by atoms with Crippen LogP contribution >= 0.6 is 0 Å². The van der Waals surface area contributed by atoms with Gasteiger partial charge in [-0.15, -0.1) is 0 Å². The Labute approximate surface area is 201 Å². The standard InChI is InChI=1S/C24H17N3O3.Na/c28-23(19-12-18(14-25-15-19)16-6-2-1-3-7-16)27-22-13-17(9-10-20(22)24(29)30)21-8-4-5-11-26-21;/h1-15H,(H,27,28)(H,29,30);/q;+1/p-1. The van der Waals surface area contributed by atoms with E-state index in [0.717, 1.165) is 11.1 Å². The summed E-state index contributed by atoms with van der Waals surface area (Å²) >= 11 is 0. The number of hydrogen-bond donors (Lipinski definition) is 1. The molecule has 0 aliphatic rings. The molecule has 146 valence electrons. The van der Waals surface area contributed by atoms with Crippen LogP contribution in [0, 0.1) is 0 Å². The van der Waals surface area contributed by atoms with Crippen LogP contribution < -0.4 is 40.0 Å². The Kier molecular flexibility index (Phi) is 7.31. The van der Waals surface area contributed by atoms with E-state index in [1.807, 2.05) is 36.4 Å². The van der Waals surface area contributed by atoms with Gasteiger partial charge >= 0.3 is 29.6 Å². The van der Waals surface area contributed by atoms with E-state index in [1.165, 1.54) is 12.3 Å². The van der Waals surface area contributed by atoms with E-state index < -0.39 is 11.9 Å². The molecule has 31 heavy (non-hydrogen) atoms. The molecule has 0 bridgehead atoms. The smallest absolute Gasteiger partial charge is 0.545 e. The van der Waals surface area contributed by atoms with Crippen LogP contribution in [-0.2, 0) is 0 Å². The third-order valence-corrected chi connectivity index (χ3v) is 4.56. The fourth-order valence-corrected chi connectivity index (χ4v) is 3.07. The predicted molar refractivity (Wildman–Crippen MR) is 112 cm³/mol. The van der Waals surface area contributed by atoms with E-state index >= 15 is 0 Å². The molecular weight excluding hydrogens is 401 g/mol. The molecule has 0 saturated carbocycles. The van der Waals surface area contributed by atoms with Crippen LogP contribution in [0.3, 0.4) is 0 Å². The molecule has 0 aliphatic heterocycles. The summed E-state index contributed by atoms with van der Waals surface area (Å²) in [5.41, 5.74) is 3.36. The third-order valence-electron chi connectivity index (χ3n) is 4.56. The number of aromatic carboxylic acids is 1. The molecule has 1 amide bonds. The van der Waals surface area contributed by atoms with Crippen molar-refractivity contribution >= 4 is 17.6 Å². The van der Waals surface area contributed by atoms with Crippen molar-refractivity contribution in [3.63, 3.8) is 0 Å². The number of pyridine rings is 2. The van der Waals surface area contributed by atoms with Gasteiger partial charge in [-0.05, 0) is 29.8 Å². The number of carboxylic acid groups (broad SMARTS) is 1. The number of carbonyl (C=O) groups is 2. The summed E-state index contributed by atoms with van der Waals surface area (Å²) in [7, 11) is 0. The first-order valence-electron chi connectivity index (χ1n) is 9.20. The maximum atomic E-state index is 12.8. The molecule has 0 fully saturated rings. The molecule has 1 N–H and O–H groups in total. The van der Waals surface area contributed by atoms with Crippen molar-refractivity contribution in [2.75, 3.05) is 5.32 Å². The number of nitrogens with one attached hydrogen (secondary N) is 1. The van der Waals surface area contributed by atoms with Gasteiger partial charge in [0.25, 0.3) is 5.91 Å². The second-order valence-electron chi connectivity index (χ2n) is 6.55. The average molecular weight is 417 g/mol. The number of amides is 1. The molecule has 4 aromatic rings. The molecule has 2 aromatic heterocycles. The van der Waals surface area contributed by atoms with E-state index in [2.05, 4.69) is 15.3 Å². The van der Waals surface area contributed by atoms with Crippen LogP contribution in [-0.4, -0.2) is 21.8 Å². The van der Waals surface area contributed by atoms with E-state index in [9.17, 15) is 14.7 Å². The van der Waals surface area contributed by atoms with Crippen LogP contribution in [0.25, 0.3) is 22.4 Å². The Morgan fingerprint density at radius 3 is 2.29 bits per heavy atom. The minimum atomic E-state index is -1.38. The SMILES string of the molecule is O=C(Nc1cc(-c2ccccn2)ccc1C(=O)[O-])c1cncc(-c2ccccc2)c1.[Na+]. The summed E-state index contributed by atoms with van der Waals surface area (Å²) in [5, 5.41) is 14.2. The van der Waals surface area contributed by atoms with Crippen molar-refractivity contribution in [3.8, 4) is 22.4 Å². The average Bonchev–Trinajstić information content (AvgIpc) is 2.80. The van der Waals surface area contributed by atoms with Crippen molar-refractivity contribution in [1.82, 2.24) is 9.97 Å². The van der Waals surface area contributed by atoms with E-state index in [1.54, 1.807) is 42.7 Å². The molecule has 0 saturated heterocycles. The molecule has 6 nitrogen and oxygen atoms in total.